The van der Waals surface area contributed by atoms with Crippen LogP contribution >= 0.6 is 0 Å². The van der Waals surface area contributed by atoms with Crippen molar-refractivity contribution in [1.29, 1.82) is 0 Å². The summed E-state index contributed by atoms with van der Waals surface area (Å²) >= 11 is 0. The molecule has 1 N–H and O–H groups in total. The van der Waals surface area contributed by atoms with Gasteiger partial charge >= 0.3 is 0 Å². The van der Waals surface area contributed by atoms with Gasteiger partial charge in [0.15, 0.2) is 11.5 Å². The number of benzene rings is 2. The molecule has 2 aromatic rings. The van der Waals surface area contributed by atoms with Gasteiger partial charge in [0.1, 0.15) is 25.8 Å². The van der Waals surface area contributed by atoms with Gasteiger partial charge in [-0.2, -0.15) is 0 Å². The largest absolute Gasteiger partial charge is 0.486 e. The van der Waals surface area contributed by atoms with Gasteiger partial charge in [0.25, 0.3) is 0 Å². The zero-order chi connectivity index (χ0) is 26.3. The Morgan fingerprint density at radius 3 is 2.39 bits per heavy atom. The van der Waals surface area contributed by atoms with E-state index < -0.39 is 28.5 Å². The van der Waals surface area contributed by atoms with E-state index in [4.69, 9.17) is 9.47 Å². The molecule has 0 saturated carbocycles. The molecule has 1 unspecified atom stereocenters. The Labute approximate surface area is 213 Å². The number of amides is 2. The van der Waals surface area contributed by atoms with E-state index in [1.165, 1.54) is 4.90 Å². The standard InChI is InChI=1S/C26H35N3O6S/c1-5-13-27-26(31)22(6-2)28(17-20-10-8-7-9-19(20)3)25(30)18-29(36(4,32)33)21-11-12-23-24(16-21)35-15-14-34-23/h7-12,16,22H,5-6,13-15,17-18H2,1-4H3,(H,27,31). The first-order valence-electron chi connectivity index (χ1n) is 12.1. The van der Waals surface area contributed by atoms with Crippen molar-refractivity contribution in [3.63, 3.8) is 0 Å². The number of carbonyl (C=O) groups is 2. The molecule has 1 aliphatic rings. The van der Waals surface area contributed by atoms with Gasteiger partial charge in [0.2, 0.25) is 21.8 Å². The Hall–Kier alpha value is -3.27. The fraction of sp³-hybridized carbons (Fsp3) is 0.462. The number of sulfonamides is 1. The Bertz CT molecular complexity index is 1180. The summed E-state index contributed by atoms with van der Waals surface area (Å²) in [6, 6.07) is 11.6. The Kier molecular flexibility index (Phi) is 9.19. The van der Waals surface area contributed by atoms with Crippen LogP contribution in [-0.2, 0) is 26.2 Å². The number of anilines is 1. The van der Waals surface area contributed by atoms with E-state index in [1.54, 1.807) is 18.2 Å². The molecule has 0 radical (unpaired) electrons. The Morgan fingerprint density at radius 2 is 1.75 bits per heavy atom. The van der Waals surface area contributed by atoms with Crippen molar-refractivity contribution in [1.82, 2.24) is 10.2 Å². The smallest absolute Gasteiger partial charge is 0.244 e. The molecule has 1 heterocycles. The summed E-state index contributed by atoms with van der Waals surface area (Å²) in [5.74, 6) is 0.204. The third kappa shape index (κ3) is 6.69. The molecule has 1 atom stereocenters. The van der Waals surface area contributed by atoms with E-state index >= 15 is 0 Å². The van der Waals surface area contributed by atoms with E-state index in [-0.39, 0.29) is 18.1 Å². The molecule has 0 aromatic heterocycles. The first-order valence-corrected chi connectivity index (χ1v) is 14.0. The second-order valence-corrected chi connectivity index (χ2v) is 10.7. The summed E-state index contributed by atoms with van der Waals surface area (Å²) < 4.78 is 37.7. The zero-order valence-corrected chi connectivity index (χ0v) is 22.1. The summed E-state index contributed by atoms with van der Waals surface area (Å²) in [7, 11) is -3.83. The van der Waals surface area contributed by atoms with Gasteiger partial charge in [0.05, 0.1) is 11.9 Å². The first-order chi connectivity index (χ1) is 17.2. The van der Waals surface area contributed by atoms with Crippen LogP contribution in [0.5, 0.6) is 11.5 Å². The maximum absolute atomic E-state index is 13.7. The highest BCUT2D eigenvalue weighted by atomic mass is 32.2. The SMILES string of the molecule is CCCNC(=O)C(CC)N(Cc1ccccc1C)C(=O)CN(c1ccc2c(c1)OCCO2)S(C)(=O)=O. The highest BCUT2D eigenvalue weighted by Gasteiger charge is 2.32. The summed E-state index contributed by atoms with van der Waals surface area (Å²) in [5.41, 5.74) is 2.15. The molecule has 10 heteroatoms. The van der Waals surface area contributed by atoms with Gasteiger partial charge < -0.3 is 19.7 Å². The first kappa shape index (κ1) is 27.3. The van der Waals surface area contributed by atoms with Gasteiger partial charge in [-0.1, -0.05) is 38.1 Å². The van der Waals surface area contributed by atoms with Crippen molar-refractivity contribution in [3.8, 4) is 11.5 Å². The van der Waals surface area contributed by atoms with Gasteiger partial charge in [-0.3, -0.25) is 13.9 Å². The molecular formula is C26H35N3O6S. The average Bonchev–Trinajstić information content (AvgIpc) is 2.85. The van der Waals surface area contributed by atoms with Gasteiger partial charge in [-0.05, 0) is 43.0 Å². The van der Waals surface area contributed by atoms with Crippen LogP contribution in [0.4, 0.5) is 5.69 Å². The van der Waals surface area contributed by atoms with Crippen LogP contribution in [-0.4, -0.2) is 63.7 Å². The van der Waals surface area contributed by atoms with Crippen LogP contribution in [0.25, 0.3) is 0 Å². The molecule has 0 saturated heterocycles. The van der Waals surface area contributed by atoms with Crippen molar-refractivity contribution in [3.05, 3.63) is 53.6 Å². The molecule has 2 aromatic carbocycles. The second kappa shape index (κ2) is 12.1. The number of carbonyl (C=O) groups excluding carboxylic acids is 2. The monoisotopic (exact) mass is 517 g/mol. The molecule has 0 bridgehead atoms. The van der Waals surface area contributed by atoms with Crippen LogP contribution in [0.3, 0.4) is 0 Å². The van der Waals surface area contributed by atoms with Crippen molar-refractivity contribution >= 4 is 27.5 Å². The van der Waals surface area contributed by atoms with Crippen LogP contribution in [0.2, 0.25) is 0 Å². The van der Waals surface area contributed by atoms with Gasteiger partial charge in [-0.15, -0.1) is 0 Å². The zero-order valence-electron chi connectivity index (χ0n) is 21.3. The maximum Gasteiger partial charge on any atom is 0.244 e. The van der Waals surface area contributed by atoms with E-state index in [1.807, 2.05) is 45.0 Å². The molecule has 3 rings (SSSR count). The number of nitrogens with zero attached hydrogens (tertiary/aromatic N) is 2. The Morgan fingerprint density at radius 1 is 1.06 bits per heavy atom. The lowest BCUT2D eigenvalue weighted by Gasteiger charge is -2.33. The van der Waals surface area contributed by atoms with Crippen LogP contribution < -0.4 is 19.1 Å². The van der Waals surface area contributed by atoms with E-state index in [2.05, 4.69) is 5.32 Å². The van der Waals surface area contributed by atoms with Crippen LogP contribution in [0, 0.1) is 6.92 Å². The fourth-order valence-electron chi connectivity index (χ4n) is 4.06. The van der Waals surface area contributed by atoms with Crippen molar-refractivity contribution < 1.29 is 27.5 Å². The Balaban J connectivity index is 1.95. The normalized spacial score (nSPS) is 13.6. The van der Waals surface area contributed by atoms with Crippen LogP contribution in [0.1, 0.15) is 37.8 Å². The average molecular weight is 518 g/mol. The third-order valence-electron chi connectivity index (χ3n) is 6.03. The molecule has 9 nitrogen and oxygen atoms in total. The number of ether oxygens (including phenoxy) is 2. The lowest BCUT2D eigenvalue weighted by molar-refractivity contribution is -0.140. The van der Waals surface area contributed by atoms with Crippen molar-refractivity contribution in [2.45, 2.75) is 46.2 Å². The molecule has 36 heavy (non-hydrogen) atoms. The van der Waals surface area contributed by atoms with Gasteiger partial charge in [0, 0.05) is 19.2 Å². The highest BCUT2D eigenvalue weighted by Crippen LogP contribution is 2.34. The minimum absolute atomic E-state index is 0.183. The number of hydrogen-bond donors (Lipinski definition) is 1. The number of hydrogen-bond acceptors (Lipinski definition) is 6. The molecule has 0 aliphatic carbocycles. The highest BCUT2D eigenvalue weighted by molar-refractivity contribution is 7.92. The number of aryl methyl sites for hydroxylation is 1. The van der Waals surface area contributed by atoms with Crippen molar-refractivity contribution in [2.24, 2.45) is 0 Å². The fourth-order valence-corrected chi connectivity index (χ4v) is 4.90. The molecule has 0 spiro atoms. The maximum atomic E-state index is 13.7. The summed E-state index contributed by atoms with van der Waals surface area (Å²) in [4.78, 5) is 28.2. The molecule has 1 aliphatic heterocycles. The van der Waals surface area contributed by atoms with Crippen LogP contribution in [0.15, 0.2) is 42.5 Å². The third-order valence-corrected chi connectivity index (χ3v) is 7.17. The lowest BCUT2D eigenvalue weighted by Crippen LogP contribution is -2.52. The number of rotatable bonds is 11. The molecule has 196 valence electrons. The van der Waals surface area contributed by atoms with E-state index in [0.29, 0.717) is 37.7 Å². The quantitative estimate of drug-likeness (QED) is 0.492. The van der Waals surface area contributed by atoms with E-state index in [9.17, 15) is 18.0 Å². The summed E-state index contributed by atoms with van der Waals surface area (Å²) in [6.45, 7) is 6.71. The minimum atomic E-state index is -3.83. The minimum Gasteiger partial charge on any atom is -0.486 e. The predicted molar refractivity (Wildman–Crippen MR) is 139 cm³/mol. The van der Waals surface area contributed by atoms with E-state index in [0.717, 1.165) is 28.1 Å². The predicted octanol–water partition coefficient (Wildman–Crippen LogP) is 2.87. The second-order valence-electron chi connectivity index (χ2n) is 8.76. The van der Waals surface area contributed by atoms with Gasteiger partial charge in [-0.25, -0.2) is 8.42 Å². The number of fused-ring (bicyclic) bond motifs is 1. The summed E-state index contributed by atoms with van der Waals surface area (Å²) in [6.07, 6.45) is 2.20. The molecule has 0 fully saturated rings. The summed E-state index contributed by atoms with van der Waals surface area (Å²) in [5, 5.41) is 2.87. The topological polar surface area (TPSA) is 105 Å². The lowest BCUT2D eigenvalue weighted by atomic mass is 10.1. The number of nitrogens with one attached hydrogen (secondary N) is 1. The molecule has 2 amide bonds. The molecular weight excluding hydrogens is 482 g/mol. The van der Waals surface area contributed by atoms with Crippen molar-refractivity contribution in [2.75, 3.05) is 36.9 Å².